The molecule has 0 spiro atoms. The first-order valence-electron chi connectivity index (χ1n) is 8.99. The van der Waals surface area contributed by atoms with Gasteiger partial charge in [-0.05, 0) is 48.9 Å². The third-order valence-corrected chi connectivity index (χ3v) is 5.54. The number of benzene rings is 1. The summed E-state index contributed by atoms with van der Waals surface area (Å²) in [4.78, 5) is 26.0. The van der Waals surface area contributed by atoms with Crippen molar-refractivity contribution in [1.82, 2.24) is 4.90 Å². The number of hydrogen-bond donors (Lipinski definition) is 1. The smallest absolute Gasteiger partial charge is 0.310 e. The molecule has 0 aromatic heterocycles. The molecule has 5 nitrogen and oxygen atoms in total. The topological polar surface area (TPSA) is 72.6 Å². The molecule has 3 unspecified atom stereocenters. The molecule has 2 N–H and O–H groups in total. The SMILES string of the molecule is COC(=O)C1CCCN(C(=O)CC(N)C2CCc3cc(F)c(F)cc32)C1. The van der Waals surface area contributed by atoms with Crippen molar-refractivity contribution in [3.8, 4) is 0 Å². The predicted molar refractivity (Wildman–Crippen MR) is 91.3 cm³/mol. The summed E-state index contributed by atoms with van der Waals surface area (Å²) >= 11 is 0. The second kappa shape index (κ2) is 7.70. The highest BCUT2D eigenvalue weighted by molar-refractivity contribution is 5.79. The summed E-state index contributed by atoms with van der Waals surface area (Å²) in [6, 6.07) is 1.97. The Kier molecular flexibility index (Phi) is 5.55. The molecule has 1 aromatic rings. The molecule has 0 radical (unpaired) electrons. The summed E-state index contributed by atoms with van der Waals surface area (Å²) in [6.45, 7) is 0.944. The zero-order chi connectivity index (χ0) is 18.8. The molecule has 7 heteroatoms. The van der Waals surface area contributed by atoms with Crippen LogP contribution < -0.4 is 5.73 Å². The van der Waals surface area contributed by atoms with Crippen molar-refractivity contribution in [3.05, 3.63) is 34.9 Å². The first-order valence-corrected chi connectivity index (χ1v) is 8.99. The van der Waals surface area contributed by atoms with E-state index in [9.17, 15) is 18.4 Å². The van der Waals surface area contributed by atoms with E-state index >= 15 is 0 Å². The van der Waals surface area contributed by atoms with E-state index in [0.29, 0.717) is 37.9 Å². The number of carbonyl (C=O) groups excluding carboxylic acids is 2. The zero-order valence-corrected chi connectivity index (χ0v) is 14.8. The van der Waals surface area contributed by atoms with Crippen LogP contribution in [-0.2, 0) is 20.7 Å². The monoisotopic (exact) mass is 366 g/mol. The number of hydrogen-bond acceptors (Lipinski definition) is 4. The van der Waals surface area contributed by atoms with E-state index in [-0.39, 0.29) is 30.1 Å². The van der Waals surface area contributed by atoms with Gasteiger partial charge in [-0.15, -0.1) is 0 Å². The minimum Gasteiger partial charge on any atom is -0.469 e. The van der Waals surface area contributed by atoms with E-state index < -0.39 is 17.7 Å². The highest BCUT2D eigenvalue weighted by Gasteiger charge is 2.33. The molecule has 1 amide bonds. The molecular weight excluding hydrogens is 342 g/mol. The number of aryl methyl sites for hydroxylation is 1. The van der Waals surface area contributed by atoms with Gasteiger partial charge >= 0.3 is 5.97 Å². The Morgan fingerprint density at radius 1 is 1.31 bits per heavy atom. The van der Waals surface area contributed by atoms with Gasteiger partial charge in [-0.3, -0.25) is 9.59 Å². The molecule has 0 bridgehead atoms. The Hall–Kier alpha value is -2.02. The van der Waals surface area contributed by atoms with Crippen molar-refractivity contribution in [2.45, 2.75) is 44.1 Å². The molecule has 1 fully saturated rings. The number of nitrogens with two attached hydrogens (primary N) is 1. The lowest BCUT2D eigenvalue weighted by molar-refractivity contribution is -0.149. The van der Waals surface area contributed by atoms with Gasteiger partial charge in [0.1, 0.15) is 0 Å². The first-order chi connectivity index (χ1) is 12.4. The molecule has 1 saturated heterocycles. The number of halogens is 2. The molecule has 1 aromatic carbocycles. The third-order valence-electron chi connectivity index (χ3n) is 5.54. The van der Waals surface area contributed by atoms with Crippen molar-refractivity contribution in [2.24, 2.45) is 11.7 Å². The second-order valence-electron chi connectivity index (χ2n) is 7.18. The number of rotatable bonds is 4. The Bertz CT molecular complexity index is 710. The van der Waals surface area contributed by atoms with Crippen LogP contribution in [-0.4, -0.2) is 43.0 Å². The summed E-state index contributed by atoms with van der Waals surface area (Å²) in [5.41, 5.74) is 7.72. The Labute approximate surface area is 151 Å². The van der Waals surface area contributed by atoms with Crippen LogP contribution in [0, 0.1) is 17.6 Å². The highest BCUT2D eigenvalue weighted by atomic mass is 19.2. The van der Waals surface area contributed by atoms with E-state index in [1.165, 1.54) is 19.2 Å². The number of piperidine rings is 1. The molecule has 2 aliphatic rings. The number of ether oxygens (including phenoxy) is 1. The van der Waals surface area contributed by atoms with E-state index in [1.807, 2.05) is 0 Å². The average molecular weight is 366 g/mol. The van der Waals surface area contributed by atoms with Gasteiger partial charge in [0.2, 0.25) is 5.91 Å². The fourth-order valence-corrected chi connectivity index (χ4v) is 4.11. The van der Waals surface area contributed by atoms with Crippen LogP contribution >= 0.6 is 0 Å². The fraction of sp³-hybridized carbons (Fsp3) is 0.579. The van der Waals surface area contributed by atoms with Gasteiger partial charge in [0, 0.05) is 31.5 Å². The van der Waals surface area contributed by atoms with Gasteiger partial charge < -0.3 is 15.4 Å². The van der Waals surface area contributed by atoms with Crippen molar-refractivity contribution in [2.75, 3.05) is 20.2 Å². The molecule has 0 saturated carbocycles. The average Bonchev–Trinajstić information content (AvgIpc) is 3.04. The first kappa shape index (κ1) is 18.8. The molecule has 1 heterocycles. The van der Waals surface area contributed by atoms with Crippen LogP contribution in [0.25, 0.3) is 0 Å². The normalized spacial score (nSPS) is 23.5. The second-order valence-corrected chi connectivity index (χ2v) is 7.18. The lowest BCUT2D eigenvalue weighted by Crippen LogP contribution is -2.45. The number of fused-ring (bicyclic) bond motifs is 1. The number of likely N-dealkylation sites (tertiary alicyclic amines) is 1. The summed E-state index contributed by atoms with van der Waals surface area (Å²) in [5, 5.41) is 0. The van der Waals surface area contributed by atoms with Crippen LogP contribution in [0.5, 0.6) is 0 Å². The van der Waals surface area contributed by atoms with Gasteiger partial charge in [-0.1, -0.05) is 0 Å². The summed E-state index contributed by atoms with van der Waals surface area (Å²) in [7, 11) is 1.35. The van der Waals surface area contributed by atoms with Crippen LogP contribution in [0.2, 0.25) is 0 Å². The Morgan fingerprint density at radius 3 is 2.77 bits per heavy atom. The maximum Gasteiger partial charge on any atom is 0.310 e. The van der Waals surface area contributed by atoms with Gasteiger partial charge in [-0.2, -0.15) is 0 Å². The van der Waals surface area contributed by atoms with Crippen molar-refractivity contribution < 1.29 is 23.1 Å². The van der Waals surface area contributed by atoms with Crippen LogP contribution in [0.4, 0.5) is 8.78 Å². The molecule has 142 valence electrons. The lowest BCUT2D eigenvalue weighted by atomic mass is 9.90. The van der Waals surface area contributed by atoms with Crippen molar-refractivity contribution in [1.29, 1.82) is 0 Å². The van der Waals surface area contributed by atoms with Gasteiger partial charge in [0.25, 0.3) is 0 Å². The number of esters is 1. The molecule has 1 aliphatic carbocycles. The maximum absolute atomic E-state index is 13.6. The van der Waals surface area contributed by atoms with Crippen LogP contribution in [0.15, 0.2) is 12.1 Å². The Balaban J connectivity index is 1.64. The highest BCUT2D eigenvalue weighted by Crippen LogP contribution is 2.37. The molecule has 26 heavy (non-hydrogen) atoms. The number of methoxy groups -OCH3 is 1. The van der Waals surface area contributed by atoms with Crippen LogP contribution in [0.3, 0.4) is 0 Å². The zero-order valence-electron chi connectivity index (χ0n) is 14.8. The standard InChI is InChI=1S/C19H24F2N2O3/c1-26-19(25)12-3-2-6-23(10-12)18(24)9-17(22)13-5-4-11-7-15(20)16(21)8-14(11)13/h7-8,12-13,17H,2-6,9-10,22H2,1H3. The summed E-state index contributed by atoms with van der Waals surface area (Å²) < 4.78 is 31.7. The molecule has 1 aliphatic heterocycles. The fourth-order valence-electron chi connectivity index (χ4n) is 4.11. The van der Waals surface area contributed by atoms with E-state index in [1.54, 1.807) is 4.90 Å². The number of amides is 1. The minimum absolute atomic E-state index is 0.109. The third kappa shape index (κ3) is 3.72. The molecule has 3 rings (SSSR count). The van der Waals surface area contributed by atoms with Gasteiger partial charge in [0.05, 0.1) is 13.0 Å². The molecule has 3 atom stereocenters. The quantitative estimate of drug-likeness (QED) is 0.829. The Morgan fingerprint density at radius 2 is 2.04 bits per heavy atom. The number of nitrogens with zero attached hydrogens (tertiary/aromatic N) is 1. The van der Waals surface area contributed by atoms with Gasteiger partial charge in [0.15, 0.2) is 11.6 Å². The van der Waals surface area contributed by atoms with Crippen molar-refractivity contribution in [3.63, 3.8) is 0 Å². The van der Waals surface area contributed by atoms with E-state index in [0.717, 1.165) is 12.0 Å². The predicted octanol–water partition coefficient (Wildman–Crippen LogP) is 2.12. The minimum atomic E-state index is -0.883. The lowest BCUT2D eigenvalue weighted by Gasteiger charge is -2.32. The van der Waals surface area contributed by atoms with E-state index in [4.69, 9.17) is 10.5 Å². The van der Waals surface area contributed by atoms with E-state index in [2.05, 4.69) is 0 Å². The summed E-state index contributed by atoms with van der Waals surface area (Å²) in [6.07, 6.45) is 2.89. The maximum atomic E-state index is 13.6. The summed E-state index contributed by atoms with van der Waals surface area (Å²) in [5.74, 6) is -2.60. The molecular formula is C19H24F2N2O3. The van der Waals surface area contributed by atoms with Crippen molar-refractivity contribution >= 4 is 11.9 Å². The number of carbonyl (C=O) groups is 2. The largest absolute Gasteiger partial charge is 0.469 e. The van der Waals surface area contributed by atoms with Gasteiger partial charge in [-0.25, -0.2) is 8.78 Å². The van der Waals surface area contributed by atoms with Crippen LogP contribution in [0.1, 0.15) is 42.7 Å².